The van der Waals surface area contributed by atoms with Crippen LogP contribution in [-0.4, -0.2) is 47.0 Å². The van der Waals surface area contributed by atoms with Crippen LogP contribution < -0.4 is 10.9 Å². The number of carbonyl (C=O) groups excluding carboxylic acids is 1. The van der Waals surface area contributed by atoms with Crippen molar-refractivity contribution in [1.29, 1.82) is 0 Å². The molecule has 1 aliphatic rings. The van der Waals surface area contributed by atoms with E-state index in [4.69, 9.17) is 0 Å². The van der Waals surface area contributed by atoms with E-state index >= 15 is 0 Å². The fourth-order valence-electron chi connectivity index (χ4n) is 4.01. The first-order chi connectivity index (χ1) is 16.1. The predicted molar refractivity (Wildman–Crippen MR) is 137 cm³/mol. The maximum Gasteiger partial charge on any atom is 0.262 e. The maximum absolute atomic E-state index is 13.1. The molecule has 4 rings (SSSR count). The van der Waals surface area contributed by atoms with Crippen LogP contribution >= 0.6 is 23.1 Å². The summed E-state index contributed by atoms with van der Waals surface area (Å²) in [5.74, 6) is -0.264. The third kappa shape index (κ3) is 4.79. The first kappa shape index (κ1) is 24.9. The topological polar surface area (TPSA) is 101 Å². The number of hydrogen-bond acceptors (Lipinski definition) is 7. The number of thiophene rings is 1. The van der Waals surface area contributed by atoms with Gasteiger partial charge in [-0.2, -0.15) is 4.31 Å². The fraction of sp³-hybridized carbons (Fsp3) is 0.435. The number of amides is 1. The van der Waals surface area contributed by atoms with Gasteiger partial charge in [0, 0.05) is 30.7 Å². The van der Waals surface area contributed by atoms with E-state index in [2.05, 4.69) is 10.3 Å². The van der Waals surface area contributed by atoms with Gasteiger partial charge in [-0.05, 0) is 56.9 Å². The average Bonchev–Trinajstić information content (AvgIpc) is 3.10. The quantitative estimate of drug-likeness (QED) is 0.392. The number of aryl methyl sites for hydroxylation is 3. The van der Waals surface area contributed by atoms with Gasteiger partial charge >= 0.3 is 0 Å². The lowest BCUT2D eigenvalue weighted by Gasteiger charge is -2.26. The number of nitrogens with one attached hydrogen (secondary N) is 1. The lowest BCUT2D eigenvalue weighted by atomic mass is 10.2. The predicted octanol–water partition coefficient (Wildman–Crippen LogP) is 3.83. The van der Waals surface area contributed by atoms with Crippen LogP contribution in [0.15, 0.2) is 33.0 Å². The molecule has 0 radical (unpaired) electrons. The number of rotatable bonds is 6. The van der Waals surface area contributed by atoms with Gasteiger partial charge in [-0.1, -0.05) is 24.2 Å². The van der Waals surface area contributed by atoms with Crippen LogP contribution in [0.3, 0.4) is 0 Å². The number of piperidine rings is 1. The van der Waals surface area contributed by atoms with Crippen molar-refractivity contribution in [3.8, 4) is 0 Å². The molecule has 1 fully saturated rings. The van der Waals surface area contributed by atoms with E-state index in [0.717, 1.165) is 29.7 Å². The molecule has 3 aromatic rings. The zero-order valence-corrected chi connectivity index (χ0v) is 22.1. The minimum Gasteiger partial charge on any atom is -0.325 e. The molecular weight excluding hydrogens is 492 g/mol. The van der Waals surface area contributed by atoms with Gasteiger partial charge in [-0.3, -0.25) is 14.2 Å². The van der Waals surface area contributed by atoms with Crippen molar-refractivity contribution in [2.45, 2.75) is 50.1 Å². The highest BCUT2D eigenvalue weighted by molar-refractivity contribution is 7.99. The number of sulfonamides is 1. The Kier molecular flexibility index (Phi) is 7.18. The Bertz CT molecular complexity index is 1420. The summed E-state index contributed by atoms with van der Waals surface area (Å²) in [5, 5.41) is 3.87. The van der Waals surface area contributed by atoms with E-state index in [-0.39, 0.29) is 22.1 Å². The van der Waals surface area contributed by atoms with E-state index in [1.807, 2.05) is 13.8 Å². The summed E-state index contributed by atoms with van der Waals surface area (Å²) in [6, 6.07) is 4.93. The van der Waals surface area contributed by atoms with Gasteiger partial charge in [-0.25, -0.2) is 13.4 Å². The van der Waals surface area contributed by atoms with E-state index in [0.29, 0.717) is 39.7 Å². The molecule has 1 amide bonds. The molecule has 0 aliphatic carbocycles. The van der Waals surface area contributed by atoms with Crippen LogP contribution in [0.2, 0.25) is 0 Å². The van der Waals surface area contributed by atoms with Gasteiger partial charge in [-0.15, -0.1) is 11.3 Å². The van der Waals surface area contributed by atoms with Crippen molar-refractivity contribution in [3.63, 3.8) is 0 Å². The third-order valence-corrected chi connectivity index (χ3v) is 10.3. The van der Waals surface area contributed by atoms with Crippen molar-refractivity contribution in [1.82, 2.24) is 13.9 Å². The lowest BCUT2D eigenvalue weighted by molar-refractivity contribution is -0.113. The molecule has 1 saturated heterocycles. The summed E-state index contributed by atoms with van der Waals surface area (Å²) in [5.41, 5.74) is 1.89. The molecule has 1 N–H and O–H groups in total. The molecule has 0 saturated carbocycles. The van der Waals surface area contributed by atoms with Crippen LogP contribution in [0, 0.1) is 20.8 Å². The summed E-state index contributed by atoms with van der Waals surface area (Å²) < 4.78 is 29.2. The second-order valence-corrected chi connectivity index (χ2v) is 12.6. The number of benzene rings is 1. The van der Waals surface area contributed by atoms with Crippen LogP contribution in [0.5, 0.6) is 0 Å². The summed E-state index contributed by atoms with van der Waals surface area (Å²) in [4.78, 5) is 31.9. The Hall–Kier alpha value is -2.21. The molecule has 1 aliphatic heterocycles. The Morgan fingerprint density at radius 2 is 1.88 bits per heavy atom. The number of carbonyl (C=O) groups is 1. The van der Waals surface area contributed by atoms with Gasteiger partial charge in [0.15, 0.2) is 5.16 Å². The van der Waals surface area contributed by atoms with E-state index in [9.17, 15) is 18.0 Å². The first-order valence-corrected chi connectivity index (χ1v) is 14.3. The fourth-order valence-corrected chi connectivity index (χ4v) is 7.62. The van der Waals surface area contributed by atoms with Crippen LogP contribution in [0.25, 0.3) is 10.2 Å². The summed E-state index contributed by atoms with van der Waals surface area (Å²) in [7, 11) is -1.96. The Labute approximate surface area is 207 Å². The van der Waals surface area contributed by atoms with Gasteiger partial charge in [0.2, 0.25) is 15.9 Å². The molecule has 0 atom stereocenters. The van der Waals surface area contributed by atoms with Gasteiger partial charge in [0.1, 0.15) is 4.83 Å². The highest BCUT2D eigenvalue weighted by atomic mass is 32.2. The van der Waals surface area contributed by atoms with Crippen molar-refractivity contribution in [3.05, 3.63) is 44.6 Å². The third-order valence-electron chi connectivity index (χ3n) is 6.11. The number of thioether (sulfide) groups is 1. The minimum atomic E-state index is -3.61. The Morgan fingerprint density at radius 1 is 1.18 bits per heavy atom. The SMILES string of the molecule is Cc1ccc(NC(=O)CSc2nc3sc(C)c(C)c3c(=O)n2C)cc1S(=O)(=O)N1CCCCC1. The largest absolute Gasteiger partial charge is 0.325 e. The Balaban J connectivity index is 1.49. The summed E-state index contributed by atoms with van der Waals surface area (Å²) in [6.07, 6.45) is 2.76. The number of anilines is 1. The van der Waals surface area contributed by atoms with Gasteiger partial charge in [0.25, 0.3) is 5.56 Å². The van der Waals surface area contributed by atoms with Crippen molar-refractivity contribution >= 4 is 54.9 Å². The molecule has 0 bridgehead atoms. The molecule has 0 spiro atoms. The molecule has 0 unspecified atom stereocenters. The summed E-state index contributed by atoms with van der Waals surface area (Å²) >= 11 is 2.64. The second kappa shape index (κ2) is 9.80. The highest BCUT2D eigenvalue weighted by Gasteiger charge is 2.27. The van der Waals surface area contributed by atoms with Crippen molar-refractivity contribution in [2.75, 3.05) is 24.2 Å². The maximum atomic E-state index is 13.1. The zero-order chi connectivity index (χ0) is 24.6. The monoisotopic (exact) mass is 520 g/mol. The second-order valence-electron chi connectivity index (χ2n) is 8.50. The smallest absolute Gasteiger partial charge is 0.262 e. The number of nitrogens with zero attached hydrogens (tertiary/aromatic N) is 3. The molecule has 34 heavy (non-hydrogen) atoms. The van der Waals surface area contributed by atoms with Crippen molar-refractivity contribution in [2.24, 2.45) is 7.05 Å². The van der Waals surface area contributed by atoms with Gasteiger partial charge < -0.3 is 5.32 Å². The first-order valence-electron chi connectivity index (χ1n) is 11.1. The zero-order valence-electron chi connectivity index (χ0n) is 19.7. The number of aromatic nitrogens is 2. The molecule has 2 aromatic heterocycles. The van der Waals surface area contributed by atoms with E-state index in [1.54, 1.807) is 26.1 Å². The van der Waals surface area contributed by atoms with Crippen molar-refractivity contribution < 1.29 is 13.2 Å². The molecule has 182 valence electrons. The number of fused-ring (bicyclic) bond motifs is 1. The average molecular weight is 521 g/mol. The van der Waals surface area contributed by atoms with E-state index in [1.165, 1.54) is 38.0 Å². The molecular formula is C23H28N4O4S3. The van der Waals surface area contributed by atoms with Crippen LogP contribution in [0.1, 0.15) is 35.3 Å². The highest BCUT2D eigenvalue weighted by Crippen LogP contribution is 2.29. The molecule has 3 heterocycles. The number of hydrogen-bond donors (Lipinski definition) is 1. The van der Waals surface area contributed by atoms with Gasteiger partial charge in [0.05, 0.1) is 16.0 Å². The normalized spacial score (nSPS) is 15.1. The molecule has 8 nitrogen and oxygen atoms in total. The standard InChI is InChI=1S/C23H28N4O4S3/c1-14-8-9-17(12-18(14)34(30,31)27-10-6-5-7-11-27)24-19(28)13-32-23-25-21-20(22(29)26(23)4)15(2)16(3)33-21/h8-9,12H,5-7,10-11,13H2,1-4H3,(H,24,28). The Morgan fingerprint density at radius 3 is 2.59 bits per heavy atom. The molecule has 1 aromatic carbocycles. The lowest BCUT2D eigenvalue weighted by Crippen LogP contribution is -2.36. The summed E-state index contributed by atoms with van der Waals surface area (Å²) in [6.45, 7) is 6.68. The minimum absolute atomic E-state index is 0.0389. The molecule has 11 heteroatoms. The van der Waals surface area contributed by atoms with E-state index < -0.39 is 10.0 Å². The van der Waals surface area contributed by atoms with Crippen LogP contribution in [-0.2, 0) is 21.9 Å². The van der Waals surface area contributed by atoms with Crippen LogP contribution in [0.4, 0.5) is 5.69 Å².